The standard InChI is InChI=1S/C22H24N6O5/c1-22(2,3)32-21(30)28-16-7-6-10-23-19(16)20(25-28)24-13-8-9-14-15(26-33-17(14)11-13)12-18(29)27(4)31-5/h6-11H,12H2,1-5H3,(H,24,25). The maximum absolute atomic E-state index is 12.6. The molecule has 1 amide bonds. The summed E-state index contributed by atoms with van der Waals surface area (Å²) in [6.07, 6.45) is 1.06. The minimum absolute atomic E-state index is 0.0406. The molecule has 4 aromatic rings. The van der Waals surface area contributed by atoms with Gasteiger partial charge in [0, 0.05) is 30.4 Å². The van der Waals surface area contributed by atoms with Crippen molar-refractivity contribution >= 4 is 45.5 Å². The number of benzene rings is 1. The number of amides is 1. The Labute approximate surface area is 189 Å². The summed E-state index contributed by atoms with van der Waals surface area (Å²) in [6.45, 7) is 5.36. The molecule has 0 radical (unpaired) electrons. The lowest BCUT2D eigenvalue weighted by Crippen LogP contribution is -2.27. The van der Waals surface area contributed by atoms with Crippen molar-refractivity contribution in [1.29, 1.82) is 0 Å². The largest absolute Gasteiger partial charge is 0.442 e. The number of likely N-dealkylation sites (N-methyl/N-ethyl adjacent to an activating group) is 1. The van der Waals surface area contributed by atoms with Crippen molar-refractivity contribution in [2.75, 3.05) is 19.5 Å². The number of nitrogens with zero attached hydrogens (tertiary/aromatic N) is 5. The molecule has 11 nitrogen and oxygen atoms in total. The van der Waals surface area contributed by atoms with E-state index in [1.165, 1.54) is 18.8 Å². The van der Waals surface area contributed by atoms with E-state index in [0.717, 1.165) is 5.06 Å². The molecular weight excluding hydrogens is 428 g/mol. The summed E-state index contributed by atoms with van der Waals surface area (Å²) in [7, 11) is 2.95. The van der Waals surface area contributed by atoms with Crippen LogP contribution in [0.4, 0.5) is 16.3 Å². The number of hydrogen-bond donors (Lipinski definition) is 1. The molecule has 1 N–H and O–H groups in total. The quantitative estimate of drug-likeness (QED) is 0.452. The fourth-order valence-corrected chi connectivity index (χ4v) is 3.17. The molecule has 1 aromatic carbocycles. The Kier molecular flexibility index (Phi) is 5.73. The Bertz CT molecular complexity index is 1340. The Morgan fingerprint density at radius 2 is 2.03 bits per heavy atom. The van der Waals surface area contributed by atoms with Gasteiger partial charge in [-0.05, 0) is 45.0 Å². The number of fused-ring (bicyclic) bond motifs is 2. The van der Waals surface area contributed by atoms with Gasteiger partial charge in [-0.1, -0.05) is 5.16 Å². The van der Waals surface area contributed by atoms with Crippen molar-refractivity contribution < 1.29 is 23.7 Å². The van der Waals surface area contributed by atoms with Gasteiger partial charge in [-0.3, -0.25) is 14.6 Å². The third kappa shape index (κ3) is 4.62. The summed E-state index contributed by atoms with van der Waals surface area (Å²) < 4.78 is 12.0. The maximum atomic E-state index is 12.6. The Hall–Kier alpha value is -3.99. The molecule has 11 heteroatoms. The van der Waals surface area contributed by atoms with Gasteiger partial charge < -0.3 is 14.6 Å². The maximum Gasteiger partial charge on any atom is 0.435 e. The second-order valence-electron chi connectivity index (χ2n) is 8.33. The average molecular weight is 452 g/mol. The first kappa shape index (κ1) is 22.2. The fraction of sp³-hybridized carbons (Fsp3) is 0.318. The zero-order valence-electron chi connectivity index (χ0n) is 18.9. The van der Waals surface area contributed by atoms with Crippen molar-refractivity contribution in [2.24, 2.45) is 0 Å². The van der Waals surface area contributed by atoms with Crippen molar-refractivity contribution in [3.8, 4) is 0 Å². The number of nitrogens with one attached hydrogen (secondary N) is 1. The van der Waals surface area contributed by atoms with Gasteiger partial charge in [0.25, 0.3) is 5.91 Å². The van der Waals surface area contributed by atoms with Crippen LogP contribution >= 0.6 is 0 Å². The van der Waals surface area contributed by atoms with Crippen molar-refractivity contribution in [2.45, 2.75) is 32.8 Å². The molecule has 0 aliphatic rings. The molecule has 4 rings (SSSR count). The van der Waals surface area contributed by atoms with Crippen LogP contribution in [0.25, 0.3) is 22.0 Å². The average Bonchev–Trinajstić information content (AvgIpc) is 3.33. The highest BCUT2D eigenvalue weighted by Gasteiger charge is 2.23. The van der Waals surface area contributed by atoms with Crippen LogP contribution in [0.5, 0.6) is 0 Å². The van der Waals surface area contributed by atoms with E-state index < -0.39 is 11.7 Å². The Balaban J connectivity index is 1.63. The first-order chi connectivity index (χ1) is 15.7. The van der Waals surface area contributed by atoms with Crippen LogP contribution in [0.15, 0.2) is 41.1 Å². The summed E-state index contributed by atoms with van der Waals surface area (Å²) in [5.74, 6) is 0.132. The number of carbonyl (C=O) groups excluding carboxylic acids is 2. The highest BCUT2D eigenvalue weighted by atomic mass is 16.7. The molecule has 0 atom stereocenters. The summed E-state index contributed by atoms with van der Waals surface area (Å²) in [6, 6.07) is 8.79. The third-order valence-electron chi connectivity index (χ3n) is 4.76. The Morgan fingerprint density at radius 1 is 1.24 bits per heavy atom. The van der Waals surface area contributed by atoms with E-state index in [2.05, 4.69) is 20.6 Å². The van der Waals surface area contributed by atoms with Gasteiger partial charge in [0.15, 0.2) is 11.4 Å². The number of hydroxylamine groups is 2. The SMILES string of the molecule is CON(C)C(=O)Cc1noc2cc(Nc3nn(C(=O)OC(C)(C)C)c4cccnc34)ccc12. The second-order valence-corrected chi connectivity index (χ2v) is 8.33. The predicted molar refractivity (Wildman–Crippen MR) is 120 cm³/mol. The number of rotatable bonds is 5. The van der Waals surface area contributed by atoms with Crippen LogP contribution in [0.2, 0.25) is 0 Å². The molecule has 0 aliphatic heterocycles. The van der Waals surface area contributed by atoms with Crippen LogP contribution < -0.4 is 5.32 Å². The first-order valence-electron chi connectivity index (χ1n) is 10.2. The van der Waals surface area contributed by atoms with Gasteiger partial charge >= 0.3 is 6.09 Å². The Morgan fingerprint density at radius 3 is 2.76 bits per heavy atom. The number of ether oxygens (including phenoxy) is 1. The molecule has 0 saturated heterocycles. The summed E-state index contributed by atoms with van der Waals surface area (Å²) in [5, 5.41) is 13.4. The molecule has 0 saturated carbocycles. The smallest absolute Gasteiger partial charge is 0.435 e. The second kappa shape index (κ2) is 8.51. The van der Waals surface area contributed by atoms with Crippen molar-refractivity contribution in [3.05, 3.63) is 42.2 Å². The molecule has 0 fully saturated rings. The highest BCUT2D eigenvalue weighted by molar-refractivity contribution is 5.95. The normalized spacial score (nSPS) is 11.7. The lowest BCUT2D eigenvalue weighted by Gasteiger charge is -2.19. The molecule has 33 heavy (non-hydrogen) atoms. The van der Waals surface area contributed by atoms with Gasteiger partial charge in [-0.2, -0.15) is 4.68 Å². The van der Waals surface area contributed by atoms with Crippen LogP contribution in [0.3, 0.4) is 0 Å². The van der Waals surface area contributed by atoms with E-state index in [0.29, 0.717) is 39.2 Å². The van der Waals surface area contributed by atoms with Crippen LogP contribution in [0, 0.1) is 0 Å². The van der Waals surface area contributed by atoms with Gasteiger partial charge in [0.1, 0.15) is 22.3 Å². The minimum Gasteiger partial charge on any atom is -0.442 e. The predicted octanol–water partition coefficient (Wildman–Crippen LogP) is 3.66. The number of hydrogen-bond acceptors (Lipinski definition) is 9. The molecular formula is C22H24N6O5. The van der Waals surface area contributed by atoms with E-state index in [9.17, 15) is 9.59 Å². The van der Waals surface area contributed by atoms with E-state index in [-0.39, 0.29) is 12.3 Å². The first-order valence-corrected chi connectivity index (χ1v) is 10.2. The topological polar surface area (TPSA) is 125 Å². The van der Waals surface area contributed by atoms with Crippen LogP contribution in [0.1, 0.15) is 26.5 Å². The minimum atomic E-state index is -0.667. The number of pyridine rings is 1. The van der Waals surface area contributed by atoms with E-state index in [1.807, 2.05) is 0 Å². The molecule has 0 bridgehead atoms. The summed E-state index contributed by atoms with van der Waals surface area (Å²) in [5.41, 5.74) is 2.00. The van der Waals surface area contributed by atoms with Crippen LogP contribution in [-0.4, -0.2) is 56.7 Å². The van der Waals surface area contributed by atoms with Gasteiger partial charge in [0.2, 0.25) is 0 Å². The molecule has 0 unspecified atom stereocenters. The molecule has 0 aliphatic carbocycles. The van der Waals surface area contributed by atoms with E-state index >= 15 is 0 Å². The number of carbonyl (C=O) groups is 2. The summed E-state index contributed by atoms with van der Waals surface area (Å²) >= 11 is 0. The molecule has 3 heterocycles. The van der Waals surface area contributed by atoms with Gasteiger partial charge in [-0.25, -0.2) is 9.86 Å². The van der Waals surface area contributed by atoms with E-state index in [1.54, 1.807) is 57.3 Å². The molecule has 3 aromatic heterocycles. The van der Waals surface area contributed by atoms with Gasteiger partial charge in [-0.15, -0.1) is 5.10 Å². The lowest BCUT2D eigenvalue weighted by molar-refractivity contribution is -0.167. The lowest BCUT2D eigenvalue weighted by atomic mass is 10.1. The zero-order valence-corrected chi connectivity index (χ0v) is 18.9. The van der Waals surface area contributed by atoms with Gasteiger partial charge in [0.05, 0.1) is 13.5 Å². The molecule has 172 valence electrons. The van der Waals surface area contributed by atoms with Crippen molar-refractivity contribution in [1.82, 2.24) is 25.0 Å². The highest BCUT2D eigenvalue weighted by Crippen LogP contribution is 2.28. The summed E-state index contributed by atoms with van der Waals surface area (Å²) in [4.78, 5) is 34.0. The fourth-order valence-electron chi connectivity index (χ4n) is 3.17. The zero-order chi connectivity index (χ0) is 23.8. The molecule has 0 spiro atoms. The third-order valence-corrected chi connectivity index (χ3v) is 4.76. The van der Waals surface area contributed by atoms with Crippen LogP contribution in [-0.2, 0) is 20.8 Å². The van der Waals surface area contributed by atoms with Crippen molar-refractivity contribution in [3.63, 3.8) is 0 Å². The van der Waals surface area contributed by atoms with E-state index in [4.69, 9.17) is 14.1 Å². The monoisotopic (exact) mass is 452 g/mol. The number of aromatic nitrogens is 4. The number of anilines is 2.